The Morgan fingerprint density at radius 3 is 2.65 bits per heavy atom. The number of hydrogen-bond acceptors (Lipinski definition) is 6. The molecule has 104 valence electrons. The number of primary amides is 1. The standard InChI is InChI=1S/C12H11N3O4S/c13-12(16)19-5-10(11-6-20-7-14-11)8-1-3-9(4-2-8)15(17)18/h1-4,6-7,10H,5H2,(H2,13,16). The normalized spacial score (nSPS) is 11.8. The van der Waals surface area contributed by atoms with Crippen LogP contribution in [0.4, 0.5) is 10.5 Å². The maximum absolute atomic E-state index is 10.7. The van der Waals surface area contributed by atoms with E-state index >= 15 is 0 Å². The third kappa shape index (κ3) is 3.29. The minimum atomic E-state index is -0.868. The van der Waals surface area contributed by atoms with Crippen LogP contribution in [0, 0.1) is 10.1 Å². The van der Waals surface area contributed by atoms with E-state index in [9.17, 15) is 14.9 Å². The summed E-state index contributed by atoms with van der Waals surface area (Å²) in [5.41, 5.74) is 8.13. The number of benzene rings is 1. The Morgan fingerprint density at radius 2 is 2.15 bits per heavy atom. The molecule has 0 aliphatic carbocycles. The summed E-state index contributed by atoms with van der Waals surface area (Å²) in [4.78, 5) is 25.1. The Balaban J connectivity index is 2.26. The topological polar surface area (TPSA) is 108 Å². The highest BCUT2D eigenvalue weighted by Gasteiger charge is 2.19. The zero-order valence-electron chi connectivity index (χ0n) is 10.3. The lowest BCUT2D eigenvalue weighted by Gasteiger charge is -2.14. The molecule has 1 aromatic heterocycles. The molecule has 0 saturated heterocycles. The van der Waals surface area contributed by atoms with E-state index in [2.05, 4.69) is 4.98 Å². The summed E-state index contributed by atoms with van der Waals surface area (Å²) in [6.07, 6.45) is -0.868. The van der Waals surface area contributed by atoms with Crippen molar-refractivity contribution in [3.05, 3.63) is 56.5 Å². The number of carbonyl (C=O) groups is 1. The van der Waals surface area contributed by atoms with Crippen LogP contribution in [0.2, 0.25) is 0 Å². The van der Waals surface area contributed by atoms with Gasteiger partial charge in [0.05, 0.1) is 22.0 Å². The first-order valence-corrected chi connectivity index (χ1v) is 6.57. The molecule has 0 radical (unpaired) electrons. The number of rotatable bonds is 5. The second kappa shape index (κ2) is 6.11. The van der Waals surface area contributed by atoms with Crippen LogP contribution in [0.1, 0.15) is 17.2 Å². The van der Waals surface area contributed by atoms with Crippen molar-refractivity contribution in [1.29, 1.82) is 0 Å². The Hall–Kier alpha value is -2.48. The first-order chi connectivity index (χ1) is 9.58. The first-order valence-electron chi connectivity index (χ1n) is 5.62. The average molecular weight is 293 g/mol. The second-order valence-corrected chi connectivity index (χ2v) is 4.66. The van der Waals surface area contributed by atoms with Gasteiger partial charge in [0, 0.05) is 17.5 Å². The number of non-ortho nitro benzene ring substituents is 1. The molecule has 1 unspecified atom stereocenters. The molecule has 20 heavy (non-hydrogen) atoms. The number of thiazole rings is 1. The molecule has 1 aromatic carbocycles. The summed E-state index contributed by atoms with van der Waals surface area (Å²) in [5.74, 6) is -0.297. The van der Waals surface area contributed by atoms with Crippen molar-refractivity contribution in [2.45, 2.75) is 5.92 Å². The van der Waals surface area contributed by atoms with E-state index in [1.54, 1.807) is 17.6 Å². The molecular weight excluding hydrogens is 282 g/mol. The number of nitrogens with two attached hydrogens (primary N) is 1. The molecule has 1 atom stereocenters. The van der Waals surface area contributed by atoms with Gasteiger partial charge in [-0.25, -0.2) is 9.78 Å². The van der Waals surface area contributed by atoms with Gasteiger partial charge in [-0.3, -0.25) is 10.1 Å². The largest absolute Gasteiger partial charge is 0.449 e. The number of amides is 1. The van der Waals surface area contributed by atoms with Gasteiger partial charge in [0.25, 0.3) is 5.69 Å². The molecule has 2 N–H and O–H groups in total. The fourth-order valence-electron chi connectivity index (χ4n) is 1.74. The lowest BCUT2D eigenvalue weighted by atomic mass is 9.97. The van der Waals surface area contributed by atoms with Crippen LogP contribution < -0.4 is 5.73 Å². The van der Waals surface area contributed by atoms with E-state index in [1.165, 1.54) is 23.5 Å². The van der Waals surface area contributed by atoms with Gasteiger partial charge in [0.1, 0.15) is 6.61 Å². The minimum absolute atomic E-state index is 0.00148. The van der Waals surface area contributed by atoms with Crippen molar-refractivity contribution in [3.8, 4) is 0 Å². The number of nitro groups is 1. The van der Waals surface area contributed by atoms with Crippen molar-refractivity contribution in [3.63, 3.8) is 0 Å². The van der Waals surface area contributed by atoms with Crippen LogP contribution in [0.15, 0.2) is 35.2 Å². The molecule has 0 aliphatic rings. The Kier molecular flexibility index (Phi) is 4.26. The zero-order chi connectivity index (χ0) is 14.5. The predicted molar refractivity (Wildman–Crippen MR) is 72.6 cm³/mol. The van der Waals surface area contributed by atoms with Gasteiger partial charge in [-0.2, -0.15) is 0 Å². The van der Waals surface area contributed by atoms with Gasteiger partial charge < -0.3 is 10.5 Å². The third-order valence-corrected chi connectivity index (χ3v) is 3.31. The Labute approximate surface area is 118 Å². The van der Waals surface area contributed by atoms with Gasteiger partial charge in [0.15, 0.2) is 0 Å². The molecule has 0 saturated carbocycles. The van der Waals surface area contributed by atoms with Crippen LogP contribution >= 0.6 is 11.3 Å². The van der Waals surface area contributed by atoms with Gasteiger partial charge in [0.2, 0.25) is 0 Å². The molecule has 2 rings (SSSR count). The number of nitrogens with zero attached hydrogens (tertiary/aromatic N) is 2. The fraction of sp³-hybridized carbons (Fsp3) is 0.167. The lowest BCUT2D eigenvalue weighted by Crippen LogP contribution is -2.18. The van der Waals surface area contributed by atoms with Crippen molar-refractivity contribution in [1.82, 2.24) is 4.98 Å². The summed E-state index contributed by atoms with van der Waals surface area (Å²) in [6.45, 7) is 0.0386. The zero-order valence-corrected chi connectivity index (χ0v) is 11.1. The number of nitro benzene ring substituents is 1. The first kappa shape index (κ1) is 13.9. The average Bonchev–Trinajstić information content (AvgIpc) is 2.93. The Morgan fingerprint density at radius 1 is 1.45 bits per heavy atom. The minimum Gasteiger partial charge on any atom is -0.449 e. The summed E-state index contributed by atoms with van der Waals surface area (Å²) >= 11 is 1.41. The van der Waals surface area contributed by atoms with Gasteiger partial charge >= 0.3 is 6.09 Å². The van der Waals surface area contributed by atoms with E-state index in [-0.39, 0.29) is 18.2 Å². The number of carbonyl (C=O) groups excluding carboxylic acids is 1. The molecular formula is C12H11N3O4S. The molecule has 1 amide bonds. The van der Waals surface area contributed by atoms with E-state index in [0.717, 1.165) is 11.3 Å². The highest BCUT2D eigenvalue weighted by Crippen LogP contribution is 2.26. The molecule has 7 nitrogen and oxygen atoms in total. The Bertz CT molecular complexity index is 598. The maximum atomic E-state index is 10.7. The van der Waals surface area contributed by atoms with Crippen molar-refractivity contribution >= 4 is 23.1 Å². The SMILES string of the molecule is NC(=O)OCC(c1ccc([N+](=O)[O-])cc1)c1cscn1. The maximum Gasteiger partial charge on any atom is 0.404 e. The van der Waals surface area contributed by atoms with Crippen LogP contribution in [-0.4, -0.2) is 22.6 Å². The van der Waals surface area contributed by atoms with E-state index in [0.29, 0.717) is 0 Å². The van der Waals surface area contributed by atoms with Gasteiger partial charge in [-0.1, -0.05) is 12.1 Å². The quantitative estimate of drug-likeness (QED) is 0.672. The van der Waals surface area contributed by atoms with Crippen LogP contribution in [0.5, 0.6) is 0 Å². The molecule has 0 bridgehead atoms. The van der Waals surface area contributed by atoms with E-state index in [4.69, 9.17) is 10.5 Å². The van der Waals surface area contributed by atoms with Crippen LogP contribution in [0.3, 0.4) is 0 Å². The molecule has 0 fully saturated rings. The van der Waals surface area contributed by atoms with Crippen molar-refractivity contribution in [2.75, 3.05) is 6.61 Å². The summed E-state index contributed by atoms with van der Waals surface area (Å²) in [5, 5.41) is 12.5. The molecule has 0 aliphatic heterocycles. The van der Waals surface area contributed by atoms with Gasteiger partial charge in [-0.05, 0) is 5.56 Å². The second-order valence-electron chi connectivity index (χ2n) is 3.94. The summed E-state index contributed by atoms with van der Waals surface area (Å²) in [6, 6.07) is 6.04. The highest BCUT2D eigenvalue weighted by molar-refractivity contribution is 7.07. The van der Waals surface area contributed by atoms with Crippen LogP contribution in [-0.2, 0) is 4.74 Å². The molecule has 0 spiro atoms. The van der Waals surface area contributed by atoms with Crippen molar-refractivity contribution in [2.24, 2.45) is 5.73 Å². The summed E-state index contributed by atoms with van der Waals surface area (Å²) < 4.78 is 4.83. The highest BCUT2D eigenvalue weighted by atomic mass is 32.1. The molecule has 2 aromatic rings. The lowest BCUT2D eigenvalue weighted by molar-refractivity contribution is -0.384. The molecule has 8 heteroatoms. The monoisotopic (exact) mass is 293 g/mol. The number of ether oxygens (including phenoxy) is 1. The van der Waals surface area contributed by atoms with E-state index < -0.39 is 11.0 Å². The fourth-order valence-corrected chi connectivity index (χ4v) is 2.35. The third-order valence-electron chi connectivity index (χ3n) is 2.71. The molecule has 1 heterocycles. The summed E-state index contributed by atoms with van der Waals surface area (Å²) in [7, 11) is 0. The number of aromatic nitrogens is 1. The van der Waals surface area contributed by atoms with E-state index in [1.807, 2.05) is 5.38 Å². The smallest absolute Gasteiger partial charge is 0.404 e. The van der Waals surface area contributed by atoms with Crippen molar-refractivity contribution < 1.29 is 14.5 Å². The number of hydrogen-bond donors (Lipinski definition) is 1. The van der Waals surface area contributed by atoms with Gasteiger partial charge in [-0.15, -0.1) is 11.3 Å². The predicted octanol–water partition coefficient (Wildman–Crippen LogP) is 2.28. The van der Waals surface area contributed by atoms with Crippen LogP contribution in [0.25, 0.3) is 0 Å².